The molecule has 1 saturated carbocycles. The van der Waals surface area contributed by atoms with Gasteiger partial charge in [0.25, 0.3) is 0 Å². The van der Waals surface area contributed by atoms with E-state index < -0.39 is 21.6 Å². The highest BCUT2D eigenvalue weighted by molar-refractivity contribution is 7.90. The first-order valence-corrected chi connectivity index (χ1v) is 12.9. The summed E-state index contributed by atoms with van der Waals surface area (Å²) in [6, 6.07) is 3.05. The third kappa shape index (κ3) is 4.08. The first-order chi connectivity index (χ1) is 15.3. The Morgan fingerprint density at radius 3 is 2.30 bits per heavy atom. The number of likely N-dealkylation sites (tertiary alicyclic amines) is 2. The predicted octanol–water partition coefficient (Wildman–Crippen LogP) is 2.45. The maximum absolute atomic E-state index is 13.2. The topological polar surface area (TPSA) is 86.8 Å². The van der Waals surface area contributed by atoms with Crippen LogP contribution >= 0.6 is 0 Å². The molecule has 33 heavy (non-hydrogen) atoms. The molecule has 4 aliphatic rings. The number of carbonyl (C=O) groups is 2. The van der Waals surface area contributed by atoms with E-state index in [1.54, 1.807) is 9.80 Å². The van der Waals surface area contributed by atoms with Crippen LogP contribution in [-0.2, 0) is 27.2 Å². The maximum Gasteiger partial charge on any atom is 0.416 e. The lowest BCUT2D eigenvalue weighted by atomic mass is 9.56. The van der Waals surface area contributed by atoms with Crippen LogP contribution in [0.4, 0.5) is 18.0 Å². The van der Waals surface area contributed by atoms with Crippen molar-refractivity contribution in [3.8, 4) is 0 Å². The Morgan fingerprint density at radius 2 is 1.76 bits per heavy atom. The molecule has 1 aromatic carbocycles. The summed E-state index contributed by atoms with van der Waals surface area (Å²) in [4.78, 5) is 27.4. The first kappa shape index (κ1) is 22.5. The fourth-order valence-corrected chi connectivity index (χ4v) is 6.69. The van der Waals surface area contributed by atoms with Crippen molar-refractivity contribution in [2.24, 2.45) is 11.3 Å². The van der Waals surface area contributed by atoms with Gasteiger partial charge in [0.05, 0.1) is 16.0 Å². The SMILES string of the molecule is CS(=O)(=O)c1cc(CC2CC3(C2)CN(C(=O)N2CC4(CCC(=O)N4)C2)C3)cc(C(F)(F)F)c1. The normalized spacial score (nSPS) is 23.8. The zero-order valence-corrected chi connectivity index (χ0v) is 19.1. The molecule has 3 heterocycles. The predicted molar refractivity (Wildman–Crippen MR) is 112 cm³/mol. The number of urea groups is 1. The van der Waals surface area contributed by atoms with Crippen LogP contribution in [0.2, 0.25) is 0 Å². The summed E-state index contributed by atoms with van der Waals surface area (Å²) >= 11 is 0. The molecule has 3 amide bonds. The minimum absolute atomic E-state index is 0.0196. The number of hydrogen-bond acceptors (Lipinski definition) is 4. The molecule has 0 aromatic heterocycles. The summed E-state index contributed by atoms with van der Waals surface area (Å²) in [5.74, 6) is 0.203. The molecule has 5 rings (SSSR count). The van der Waals surface area contributed by atoms with Crippen LogP contribution in [0, 0.1) is 11.3 Å². The molecule has 1 N–H and O–H groups in total. The third-order valence-electron chi connectivity index (χ3n) is 7.51. The fourth-order valence-electron chi connectivity index (χ4n) is 5.99. The lowest BCUT2D eigenvalue weighted by molar-refractivity contribution is -0.137. The molecule has 4 fully saturated rings. The minimum Gasteiger partial charge on any atom is -0.347 e. The fraction of sp³-hybridized carbons (Fsp3) is 0.636. The van der Waals surface area contributed by atoms with E-state index in [-0.39, 0.29) is 33.7 Å². The molecule has 0 atom stereocenters. The summed E-state index contributed by atoms with van der Waals surface area (Å²) < 4.78 is 63.4. The van der Waals surface area contributed by atoms with E-state index in [0.29, 0.717) is 50.7 Å². The largest absolute Gasteiger partial charge is 0.416 e. The van der Waals surface area contributed by atoms with E-state index in [0.717, 1.165) is 31.6 Å². The van der Waals surface area contributed by atoms with Crippen molar-refractivity contribution >= 4 is 21.8 Å². The van der Waals surface area contributed by atoms with Crippen molar-refractivity contribution in [3.63, 3.8) is 0 Å². The van der Waals surface area contributed by atoms with Gasteiger partial charge in [0, 0.05) is 44.3 Å². The molecule has 180 valence electrons. The van der Waals surface area contributed by atoms with Crippen molar-refractivity contribution in [1.82, 2.24) is 15.1 Å². The zero-order chi connectivity index (χ0) is 23.8. The number of amides is 3. The lowest BCUT2D eigenvalue weighted by Crippen LogP contribution is -2.73. The number of nitrogens with one attached hydrogen (secondary N) is 1. The van der Waals surface area contributed by atoms with Crippen molar-refractivity contribution in [1.29, 1.82) is 0 Å². The molecule has 3 saturated heterocycles. The Morgan fingerprint density at radius 1 is 1.12 bits per heavy atom. The van der Waals surface area contributed by atoms with Crippen LogP contribution in [0.5, 0.6) is 0 Å². The first-order valence-electron chi connectivity index (χ1n) is 11.0. The Bertz CT molecular complexity index is 1110. The van der Waals surface area contributed by atoms with Gasteiger partial charge in [-0.15, -0.1) is 0 Å². The number of sulfone groups is 1. The van der Waals surface area contributed by atoms with E-state index in [9.17, 15) is 31.2 Å². The van der Waals surface area contributed by atoms with Crippen LogP contribution in [0.1, 0.15) is 36.8 Å². The second-order valence-electron chi connectivity index (χ2n) is 10.4. The van der Waals surface area contributed by atoms with Crippen molar-refractivity contribution < 1.29 is 31.2 Å². The second kappa shape index (κ2) is 7.10. The molecule has 7 nitrogen and oxygen atoms in total. The second-order valence-corrected chi connectivity index (χ2v) is 12.5. The number of rotatable bonds is 3. The van der Waals surface area contributed by atoms with Gasteiger partial charge < -0.3 is 15.1 Å². The highest BCUT2D eigenvalue weighted by Gasteiger charge is 2.56. The Labute approximate surface area is 190 Å². The average Bonchev–Trinajstić information content (AvgIpc) is 3.01. The number of alkyl halides is 3. The van der Waals surface area contributed by atoms with Gasteiger partial charge in [0.1, 0.15) is 0 Å². The van der Waals surface area contributed by atoms with E-state index >= 15 is 0 Å². The molecule has 11 heteroatoms. The molecule has 1 aliphatic carbocycles. The average molecular weight is 486 g/mol. The van der Waals surface area contributed by atoms with Crippen LogP contribution in [0.3, 0.4) is 0 Å². The van der Waals surface area contributed by atoms with Gasteiger partial charge >= 0.3 is 12.2 Å². The molecular formula is C22H26F3N3O4S. The summed E-state index contributed by atoms with van der Waals surface area (Å²) in [5.41, 5.74) is -0.791. The quantitative estimate of drug-likeness (QED) is 0.713. The van der Waals surface area contributed by atoms with Crippen molar-refractivity contribution in [2.75, 3.05) is 32.4 Å². The van der Waals surface area contributed by atoms with E-state index in [4.69, 9.17) is 0 Å². The molecule has 1 aromatic rings. The van der Waals surface area contributed by atoms with Crippen molar-refractivity contribution in [2.45, 2.75) is 48.7 Å². The third-order valence-corrected chi connectivity index (χ3v) is 8.60. The summed E-state index contributed by atoms with van der Waals surface area (Å²) in [6.45, 7) is 2.36. The van der Waals surface area contributed by atoms with Gasteiger partial charge in [0.15, 0.2) is 9.84 Å². The van der Waals surface area contributed by atoms with Gasteiger partial charge in [0.2, 0.25) is 5.91 Å². The van der Waals surface area contributed by atoms with E-state index in [1.165, 1.54) is 6.07 Å². The summed E-state index contributed by atoms with van der Waals surface area (Å²) in [5, 5.41) is 2.96. The Kier molecular flexibility index (Phi) is 4.84. The smallest absolute Gasteiger partial charge is 0.347 e. The van der Waals surface area contributed by atoms with Gasteiger partial charge in [-0.3, -0.25) is 4.79 Å². The zero-order valence-electron chi connectivity index (χ0n) is 18.2. The van der Waals surface area contributed by atoms with Crippen LogP contribution in [-0.4, -0.2) is 68.1 Å². The monoisotopic (exact) mass is 485 g/mol. The van der Waals surface area contributed by atoms with Crippen molar-refractivity contribution in [3.05, 3.63) is 29.3 Å². The molecule has 3 aliphatic heterocycles. The lowest BCUT2D eigenvalue weighted by Gasteiger charge is -2.61. The number of hydrogen-bond donors (Lipinski definition) is 1. The molecule has 0 bridgehead atoms. The number of nitrogens with zero attached hydrogens (tertiary/aromatic N) is 2. The maximum atomic E-state index is 13.2. The Balaban J connectivity index is 1.15. The van der Waals surface area contributed by atoms with Crippen LogP contribution in [0.25, 0.3) is 0 Å². The van der Waals surface area contributed by atoms with E-state index in [1.807, 2.05) is 0 Å². The van der Waals surface area contributed by atoms with Gasteiger partial charge in [-0.2, -0.15) is 13.2 Å². The molecular weight excluding hydrogens is 459 g/mol. The van der Waals surface area contributed by atoms with E-state index in [2.05, 4.69) is 5.32 Å². The highest BCUT2D eigenvalue weighted by Crippen LogP contribution is 2.53. The molecule has 0 radical (unpaired) electrons. The molecule has 0 unspecified atom stereocenters. The summed E-state index contributed by atoms with van der Waals surface area (Å²) in [6.07, 6.45) is -0.433. The number of benzene rings is 1. The standard InChI is InChI=1S/C22H26F3N3O4S/c1-33(31,32)17-6-14(5-16(7-17)22(23,24)25)4-15-8-20(9-15)10-27(11-20)19(30)28-12-21(13-28)3-2-18(29)26-21/h5-7,15H,2-4,8-13H2,1H3,(H,26,29). The van der Waals surface area contributed by atoms with Gasteiger partial charge in [-0.1, -0.05) is 0 Å². The highest BCUT2D eigenvalue weighted by atomic mass is 32.2. The van der Waals surface area contributed by atoms with Gasteiger partial charge in [-0.05, 0) is 55.4 Å². The molecule has 2 spiro atoms. The van der Waals surface area contributed by atoms with Gasteiger partial charge in [-0.25, -0.2) is 13.2 Å². The number of carbonyl (C=O) groups excluding carboxylic acids is 2. The van der Waals surface area contributed by atoms with Crippen LogP contribution in [0.15, 0.2) is 23.1 Å². The summed E-state index contributed by atoms with van der Waals surface area (Å²) in [7, 11) is -3.75. The minimum atomic E-state index is -4.61. The Hall–Kier alpha value is -2.30. The van der Waals surface area contributed by atoms with Crippen LogP contribution < -0.4 is 5.32 Å². The number of halogens is 3.